The highest BCUT2D eigenvalue weighted by atomic mass is 32.1. The van der Waals surface area contributed by atoms with E-state index in [0.717, 1.165) is 19.5 Å². The van der Waals surface area contributed by atoms with E-state index in [4.69, 9.17) is 12.2 Å². The van der Waals surface area contributed by atoms with E-state index in [1.54, 1.807) is 0 Å². The molecule has 2 rings (SSSR count). The van der Waals surface area contributed by atoms with Crippen molar-refractivity contribution >= 4 is 28.7 Å². The Morgan fingerprint density at radius 2 is 1.72 bits per heavy atom. The molecule has 0 radical (unpaired) electrons. The minimum Gasteiger partial charge on any atom is -0.372 e. The number of hydrogen-bond acceptors (Lipinski definition) is 2. The van der Waals surface area contributed by atoms with Crippen LogP contribution in [0.5, 0.6) is 0 Å². The predicted octanol–water partition coefficient (Wildman–Crippen LogP) is 4.48. The first kappa shape index (κ1) is 19.1. The molecule has 0 spiro atoms. The number of nitrogens with zero attached hydrogens (tertiary/aromatic N) is 1. The van der Waals surface area contributed by atoms with Crippen molar-refractivity contribution in [2.45, 2.75) is 20.3 Å². The van der Waals surface area contributed by atoms with Crippen LogP contribution in [0.3, 0.4) is 0 Å². The molecule has 0 saturated heterocycles. The van der Waals surface area contributed by atoms with Crippen LogP contribution >= 0.6 is 12.2 Å². The van der Waals surface area contributed by atoms with Crippen molar-refractivity contribution in [3.63, 3.8) is 0 Å². The summed E-state index contributed by atoms with van der Waals surface area (Å²) in [5.74, 6) is -1.33. The van der Waals surface area contributed by atoms with Gasteiger partial charge in [-0.25, -0.2) is 8.78 Å². The second kappa shape index (κ2) is 9.32. The molecule has 0 amide bonds. The number of benzene rings is 2. The van der Waals surface area contributed by atoms with Crippen LogP contribution in [0.1, 0.15) is 18.9 Å². The average molecular weight is 363 g/mol. The van der Waals surface area contributed by atoms with E-state index < -0.39 is 11.6 Å². The van der Waals surface area contributed by atoms with Gasteiger partial charge in [0.15, 0.2) is 5.11 Å². The first-order valence-electron chi connectivity index (χ1n) is 8.31. The van der Waals surface area contributed by atoms with Crippen molar-refractivity contribution in [3.8, 4) is 0 Å². The molecular formula is C19H23F2N3S. The number of halogens is 2. The van der Waals surface area contributed by atoms with Crippen molar-refractivity contribution in [3.05, 3.63) is 59.7 Å². The summed E-state index contributed by atoms with van der Waals surface area (Å²) in [4.78, 5) is 2.27. The molecule has 134 valence electrons. The Morgan fingerprint density at radius 1 is 1.08 bits per heavy atom. The third kappa shape index (κ3) is 5.67. The molecule has 6 heteroatoms. The molecular weight excluding hydrogens is 340 g/mol. The first-order valence-corrected chi connectivity index (χ1v) is 8.72. The second-order valence-electron chi connectivity index (χ2n) is 5.75. The lowest BCUT2D eigenvalue weighted by Crippen LogP contribution is -2.32. The van der Waals surface area contributed by atoms with E-state index in [0.29, 0.717) is 6.54 Å². The van der Waals surface area contributed by atoms with Crippen LogP contribution in [0, 0.1) is 18.6 Å². The number of para-hydroxylation sites is 1. The molecule has 0 aliphatic rings. The predicted molar refractivity (Wildman–Crippen MR) is 104 cm³/mol. The highest BCUT2D eigenvalue weighted by Crippen LogP contribution is 2.18. The summed E-state index contributed by atoms with van der Waals surface area (Å²) in [6.45, 7) is 6.57. The summed E-state index contributed by atoms with van der Waals surface area (Å²) in [7, 11) is 0. The van der Waals surface area contributed by atoms with Gasteiger partial charge >= 0.3 is 0 Å². The van der Waals surface area contributed by atoms with Gasteiger partial charge in [-0.2, -0.15) is 0 Å². The van der Waals surface area contributed by atoms with Gasteiger partial charge in [-0.15, -0.1) is 0 Å². The second-order valence-corrected chi connectivity index (χ2v) is 6.15. The lowest BCUT2D eigenvalue weighted by Gasteiger charge is -2.23. The van der Waals surface area contributed by atoms with Crippen LogP contribution in [0.25, 0.3) is 0 Å². The Labute approximate surface area is 153 Å². The molecule has 2 aromatic rings. The van der Waals surface area contributed by atoms with Crippen molar-refractivity contribution in [2.24, 2.45) is 0 Å². The summed E-state index contributed by atoms with van der Waals surface area (Å²) in [5, 5.41) is 5.77. The molecule has 0 fully saturated rings. The quantitative estimate of drug-likeness (QED) is 0.560. The Hall–Kier alpha value is -2.21. The third-order valence-electron chi connectivity index (χ3n) is 3.87. The highest BCUT2D eigenvalue weighted by molar-refractivity contribution is 7.80. The van der Waals surface area contributed by atoms with E-state index in [9.17, 15) is 8.78 Å². The van der Waals surface area contributed by atoms with Gasteiger partial charge in [0.2, 0.25) is 0 Å². The number of hydrogen-bond donors (Lipinski definition) is 2. The van der Waals surface area contributed by atoms with Crippen LogP contribution in [0.4, 0.5) is 20.2 Å². The van der Waals surface area contributed by atoms with Gasteiger partial charge < -0.3 is 15.5 Å². The molecule has 0 heterocycles. The molecule has 0 bridgehead atoms. The summed E-state index contributed by atoms with van der Waals surface area (Å²) in [6.07, 6.45) is 0.850. The van der Waals surface area contributed by atoms with Crippen LogP contribution < -0.4 is 15.5 Å². The standard InChI is InChI=1S/C19H23F2N3S/c1-3-24(15-10-8-14(2)9-11-15)13-5-12-22-19(25)23-18-16(20)6-4-7-17(18)21/h4,6-11H,3,5,12-13H2,1-2H3,(H2,22,23,25). The van der Waals surface area contributed by atoms with Gasteiger partial charge in [0.25, 0.3) is 0 Å². The van der Waals surface area contributed by atoms with Crippen molar-refractivity contribution in [2.75, 3.05) is 29.9 Å². The molecule has 0 aliphatic carbocycles. The maximum atomic E-state index is 13.6. The summed E-state index contributed by atoms with van der Waals surface area (Å²) >= 11 is 5.10. The minimum atomic E-state index is -0.666. The zero-order chi connectivity index (χ0) is 18.2. The van der Waals surface area contributed by atoms with Gasteiger partial charge in [-0.3, -0.25) is 0 Å². The van der Waals surface area contributed by atoms with Crippen molar-refractivity contribution in [1.29, 1.82) is 0 Å². The van der Waals surface area contributed by atoms with Crippen molar-refractivity contribution in [1.82, 2.24) is 5.32 Å². The van der Waals surface area contributed by atoms with Gasteiger partial charge in [0.05, 0.1) is 0 Å². The molecule has 25 heavy (non-hydrogen) atoms. The molecule has 0 atom stereocenters. The Balaban J connectivity index is 1.78. The van der Waals surface area contributed by atoms with E-state index in [2.05, 4.69) is 53.6 Å². The normalized spacial score (nSPS) is 10.4. The van der Waals surface area contributed by atoms with Crippen molar-refractivity contribution < 1.29 is 8.78 Å². The molecule has 3 nitrogen and oxygen atoms in total. The van der Waals surface area contributed by atoms with E-state index in [-0.39, 0.29) is 10.8 Å². The first-order chi connectivity index (χ1) is 12.0. The minimum absolute atomic E-state index is 0.211. The SMILES string of the molecule is CCN(CCCNC(=S)Nc1c(F)cccc1F)c1ccc(C)cc1. The zero-order valence-corrected chi connectivity index (χ0v) is 15.3. The van der Waals surface area contributed by atoms with Crippen LogP contribution in [0.2, 0.25) is 0 Å². The fraction of sp³-hybridized carbons (Fsp3) is 0.316. The largest absolute Gasteiger partial charge is 0.372 e. The Morgan fingerprint density at radius 3 is 2.32 bits per heavy atom. The summed E-state index contributed by atoms with van der Waals surface area (Å²) < 4.78 is 27.1. The van der Waals surface area contributed by atoms with Gasteiger partial charge in [-0.1, -0.05) is 23.8 Å². The highest BCUT2D eigenvalue weighted by Gasteiger charge is 2.09. The number of thiocarbonyl (C=S) groups is 1. The average Bonchev–Trinajstić information content (AvgIpc) is 2.59. The molecule has 0 aromatic heterocycles. The Bertz CT molecular complexity index is 684. The smallest absolute Gasteiger partial charge is 0.170 e. The molecule has 0 aliphatic heterocycles. The van der Waals surface area contributed by atoms with Crippen LogP contribution in [-0.2, 0) is 0 Å². The number of anilines is 2. The van der Waals surface area contributed by atoms with Crippen LogP contribution in [-0.4, -0.2) is 24.7 Å². The maximum Gasteiger partial charge on any atom is 0.170 e. The van der Waals surface area contributed by atoms with E-state index in [1.165, 1.54) is 29.4 Å². The lowest BCUT2D eigenvalue weighted by molar-refractivity contribution is 0.591. The third-order valence-corrected chi connectivity index (χ3v) is 4.12. The van der Waals surface area contributed by atoms with Gasteiger partial charge in [-0.05, 0) is 56.8 Å². The number of nitrogens with one attached hydrogen (secondary N) is 2. The van der Waals surface area contributed by atoms with E-state index in [1.807, 2.05) is 0 Å². The number of rotatable bonds is 7. The molecule has 2 N–H and O–H groups in total. The maximum absolute atomic E-state index is 13.6. The molecule has 2 aromatic carbocycles. The molecule has 0 unspecified atom stereocenters. The zero-order valence-electron chi connectivity index (χ0n) is 14.5. The lowest BCUT2D eigenvalue weighted by atomic mass is 10.2. The molecule has 0 saturated carbocycles. The monoisotopic (exact) mass is 363 g/mol. The topological polar surface area (TPSA) is 27.3 Å². The summed E-state index contributed by atoms with van der Waals surface area (Å²) in [6, 6.07) is 12.1. The van der Waals surface area contributed by atoms with Crippen LogP contribution in [0.15, 0.2) is 42.5 Å². The number of aryl methyl sites for hydroxylation is 1. The van der Waals surface area contributed by atoms with Gasteiger partial charge in [0, 0.05) is 25.3 Å². The fourth-order valence-electron chi connectivity index (χ4n) is 2.47. The summed E-state index contributed by atoms with van der Waals surface area (Å²) in [5.41, 5.74) is 2.19. The fourth-order valence-corrected chi connectivity index (χ4v) is 2.68. The Kier molecular flexibility index (Phi) is 7.13. The van der Waals surface area contributed by atoms with Gasteiger partial charge in [0.1, 0.15) is 17.3 Å². The van der Waals surface area contributed by atoms with E-state index >= 15 is 0 Å².